The molecule has 2 aliphatic rings. The van der Waals surface area contributed by atoms with Gasteiger partial charge in [-0.1, -0.05) is 62.2 Å². The van der Waals surface area contributed by atoms with E-state index < -0.39 is 41.1 Å². The number of hydrogen-bond acceptors (Lipinski definition) is 5. The van der Waals surface area contributed by atoms with Crippen molar-refractivity contribution in [1.82, 2.24) is 5.32 Å². The van der Waals surface area contributed by atoms with Crippen LogP contribution in [0.15, 0.2) is 54.6 Å². The number of fused-ring (bicyclic) bond motifs is 2. The van der Waals surface area contributed by atoms with E-state index >= 15 is 4.39 Å². The molecule has 4 atom stereocenters. The fourth-order valence-corrected chi connectivity index (χ4v) is 6.75. The molecule has 1 fully saturated rings. The molecule has 2 heterocycles. The number of carbonyl (C=O) groups excluding carboxylic acids is 2. The van der Waals surface area contributed by atoms with Crippen LogP contribution in [0.4, 0.5) is 15.8 Å². The smallest absolute Gasteiger partial charge is 0.335 e. The first-order chi connectivity index (χ1) is 20.3. The van der Waals surface area contributed by atoms with Crippen molar-refractivity contribution < 1.29 is 28.6 Å². The fraction of sp³-hybridized carbons (Fsp3) is 0.344. The van der Waals surface area contributed by atoms with Crippen LogP contribution in [-0.2, 0) is 15.0 Å². The highest BCUT2D eigenvalue weighted by Gasteiger charge is 2.66. The van der Waals surface area contributed by atoms with Crippen molar-refractivity contribution in [2.24, 2.45) is 5.41 Å². The van der Waals surface area contributed by atoms with Gasteiger partial charge >= 0.3 is 5.97 Å². The van der Waals surface area contributed by atoms with E-state index in [0.717, 1.165) is 0 Å². The van der Waals surface area contributed by atoms with Gasteiger partial charge < -0.3 is 25.8 Å². The second-order valence-electron chi connectivity index (χ2n) is 12.0. The monoisotopic (exact) mass is 627 g/mol. The van der Waals surface area contributed by atoms with Gasteiger partial charge in [-0.3, -0.25) is 9.59 Å². The minimum Gasteiger partial charge on any atom is -0.492 e. The van der Waals surface area contributed by atoms with Gasteiger partial charge in [-0.05, 0) is 66.3 Å². The van der Waals surface area contributed by atoms with Crippen molar-refractivity contribution in [1.29, 1.82) is 0 Å². The first-order valence-corrected chi connectivity index (χ1v) is 14.7. The average molecular weight is 629 g/mol. The molecule has 2 amide bonds. The fourth-order valence-electron chi connectivity index (χ4n) is 6.40. The second kappa shape index (κ2) is 11.4. The molecule has 226 valence electrons. The molecular weight excluding hydrogens is 596 g/mol. The number of carboxylic acids is 1. The van der Waals surface area contributed by atoms with Crippen LogP contribution < -0.4 is 20.7 Å². The summed E-state index contributed by atoms with van der Waals surface area (Å²) in [5, 5.41) is 18.9. The Hall–Kier alpha value is -3.66. The zero-order valence-electron chi connectivity index (χ0n) is 24.1. The van der Waals surface area contributed by atoms with Gasteiger partial charge in [0.25, 0.3) is 0 Å². The van der Waals surface area contributed by atoms with Gasteiger partial charge in [0.1, 0.15) is 17.0 Å². The Bertz CT molecular complexity index is 1620. The first-order valence-electron chi connectivity index (χ1n) is 13.9. The summed E-state index contributed by atoms with van der Waals surface area (Å²) in [5.41, 5.74) is -0.268. The third-order valence-corrected chi connectivity index (χ3v) is 8.53. The SMILES string of the molecule is CCOc1cc(C(=O)O)ccc1NC(=O)[C@@H]1N[C@@H](CC(C)(C)C)C2(C(=O)Nc3cc(Cl)ccc32)[C@H]1c1cccc(Cl)c1F. The van der Waals surface area contributed by atoms with Crippen molar-refractivity contribution in [3.05, 3.63) is 87.2 Å². The lowest BCUT2D eigenvalue weighted by Crippen LogP contribution is -2.49. The third kappa shape index (κ3) is 5.46. The number of carbonyl (C=O) groups is 3. The van der Waals surface area contributed by atoms with Crippen molar-refractivity contribution in [2.75, 3.05) is 17.2 Å². The average Bonchev–Trinajstić information content (AvgIpc) is 3.40. The van der Waals surface area contributed by atoms with E-state index in [4.69, 9.17) is 27.9 Å². The molecule has 0 saturated carbocycles. The van der Waals surface area contributed by atoms with Gasteiger partial charge in [-0.25, -0.2) is 9.18 Å². The highest BCUT2D eigenvalue weighted by molar-refractivity contribution is 6.31. The van der Waals surface area contributed by atoms with Gasteiger partial charge in [0.2, 0.25) is 11.8 Å². The topological polar surface area (TPSA) is 117 Å². The van der Waals surface area contributed by atoms with Crippen LogP contribution in [-0.4, -0.2) is 41.6 Å². The van der Waals surface area contributed by atoms with E-state index in [2.05, 4.69) is 16.0 Å². The van der Waals surface area contributed by atoms with Gasteiger partial charge in [0, 0.05) is 22.7 Å². The third-order valence-electron chi connectivity index (χ3n) is 8.01. The van der Waals surface area contributed by atoms with Gasteiger partial charge in [0.05, 0.1) is 28.9 Å². The first kappa shape index (κ1) is 30.8. The number of ether oxygens (including phenoxy) is 1. The summed E-state index contributed by atoms with van der Waals surface area (Å²) >= 11 is 12.6. The summed E-state index contributed by atoms with van der Waals surface area (Å²) in [6.07, 6.45) is 0.461. The molecule has 0 radical (unpaired) electrons. The lowest BCUT2D eigenvalue weighted by atomic mass is 9.62. The molecule has 5 rings (SSSR count). The van der Waals surface area contributed by atoms with Crippen LogP contribution >= 0.6 is 23.2 Å². The lowest BCUT2D eigenvalue weighted by Gasteiger charge is -2.37. The minimum absolute atomic E-state index is 0.0126. The van der Waals surface area contributed by atoms with Crippen LogP contribution in [0.1, 0.15) is 61.5 Å². The summed E-state index contributed by atoms with van der Waals surface area (Å²) in [7, 11) is 0. The molecule has 0 bridgehead atoms. The Labute approximate surface area is 258 Å². The lowest BCUT2D eigenvalue weighted by molar-refractivity contribution is -0.122. The number of anilines is 2. The number of hydrogen-bond donors (Lipinski definition) is 4. The molecule has 1 saturated heterocycles. The van der Waals surface area contributed by atoms with Crippen LogP contribution in [0.2, 0.25) is 10.0 Å². The highest BCUT2D eigenvalue weighted by atomic mass is 35.5. The molecule has 0 aliphatic carbocycles. The summed E-state index contributed by atoms with van der Waals surface area (Å²) in [6.45, 7) is 8.04. The highest BCUT2D eigenvalue weighted by Crippen LogP contribution is 2.57. The van der Waals surface area contributed by atoms with Crippen molar-refractivity contribution in [2.45, 2.75) is 57.5 Å². The molecule has 3 aromatic carbocycles. The normalized spacial score (nSPS) is 22.8. The van der Waals surface area contributed by atoms with Crippen LogP contribution in [0.25, 0.3) is 0 Å². The molecule has 8 nitrogen and oxygen atoms in total. The maximum atomic E-state index is 16.0. The zero-order chi connectivity index (χ0) is 31.3. The quantitative estimate of drug-likeness (QED) is 0.234. The standard InChI is InChI=1S/C32H32Cl2FN3O5/c1-5-43-23-13-16(29(40)41)9-12-21(23)36-28(39)27-25(18-7-6-8-20(34)26(18)35)32(24(38-27)15-31(2,3)4)19-11-10-17(33)14-22(19)37-30(32)42/h6-14,24-25,27,38H,5,15H2,1-4H3,(H,36,39)(H,37,42)(H,40,41)/t24-,25-,27+,32?/m0/s1. The van der Waals surface area contributed by atoms with E-state index in [1.54, 1.807) is 37.3 Å². The molecule has 11 heteroatoms. The maximum absolute atomic E-state index is 16.0. The Kier molecular flexibility index (Phi) is 8.19. The Morgan fingerprint density at radius 1 is 1.12 bits per heavy atom. The zero-order valence-corrected chi connectivity index (χ0v) is 25.6. The number of aromatic carboxylic acids is 1. The van der Waals surface area contributed by atoms with Gasteiger partial charge in [-0.2, -0.15) is 0 Å². The molecule has 1 unspecified atom stereocenters. The second-order valence-corrected chi connectivity index (χ2v) is 12.9. The van der Waals surface area contributed by atoms with E-state index in [1.165, 1.54) is 24.3 Å². The molecule has 2 aliphatic heterocycles. The van der Waals surface area contributed by atoms with E-state index in [0.29, 0.717) is 22.7 Å². The van der Waals surface area contributed by atoms with E-state index in [-0.39, 0.29) is 45.5 Å². The van der Waals surface area contributed by atoms with Gasteiger partial charge in [-0.15, -0.1) is 0 Å². The number of halogens is 3. The number of benzene rings is 3. The van der Waals surface area contributed by atoms with Crippen molar-refractivity contribution >= 4 is 52.4 Å². The Balaban J connectivity index is 1.70. The van der Waals surface area contributed by atoms with E-state index in [9.17, 15) is 19.5 Å². The van der Waals surface area contributed by atoms with Crippen LogP contribution in [0.3, 0.4) is 0 Å². The number of rotatable bonds is 7. The number of amides is 2. The number of nitrogens with one attached hydrogen (secondary N) is 3. The predicted octanol–water partition coefficient (Wildman–Crippen LogP) is 6.62. The minimum atomic E-state index is -1.41. The largest absolute Gasteiger partial charge is 0.492 e. The van der Waals surface area contributed by atoms with Crippen molar-refractivity contribution in [3.8, 4) is 5.75 Å². The molecular formula is C32H32Cl2FN3O5. The van der Waals surface area contributed by atoms with Crippen LogP contribution in [0.5, 0.6) is 5.75 Å². The van der Waals surface area contributed by atoms with E-state index in [1.807, 2.05) is 20.8 Å². The summed E-state index contributed by atoms with van der Waals surface area (Å²) in [4.78, 5) is 40.1. The molecule has 1 spiro atoms. The summed E-state index contributed by atoms with van der Waals surface area (Å²) < 4.78 is 21.6. The summed E-state index contributed by atoms with van der Waals surface area (Å²) in [5.74, 6) is -3.67. The maximum Gasteiger partial charge on any atom is 0.335 e. The van der Waals surface area contributed by atoms with Gasteiger partial charge in [0.15, 0.2) is 0 Å². The summed E-state index contributed by atoms with van der Waals surface area (Å²) in [6, 6.07) is 12.0. The Morgan fingerprint density at radius 2 is 1.86 bits per heavy atom. The molecule has 4 N–H and O–H groups in total. The molecule has 43 heavy (non-hydrogen) atoms. The number of carboxylic acid groups (broad SMARTS) is 1. The molecule has 3 aromatic rings. The van der Waals surface area contributed by atoms with Crippen LogP contribution in [0, 0.1) is 11.2 Å². The molecule has 0 aromatic heterocycles. The predicted molar refractivity (Wildman–Crippen MR) is 164 cm³/mol. The van der Waals surface area contributed by atoms with Crippen molar-refractivity contribution in [3.63, 3.8) is 0 Å². The Morgan fingerprint density at radius 3 is 2.53 bits per heavy atom.